The summed E-state index contributed by atoms with van der Waals surface area (Å²) in [6.45, 7) is 0. The highest BCUT2D eigenvalue weighted by Crippen LogP contribution is 2.47. The van der Waals surface area contributed by atoms with E-state index in [2.05, 4.69) is 14.2 Å². The van der Waals surface area contributed by atoms with Crippen molar-refractivity contribution in [2.24, 2.45) is 10.7 Å². The molecular formula is C26H16F5N3O3S. The van der Waals surface area contributed by atoms with Crippen LogP contribution in [0.5, 0.6) is 5.75 Å². The van der Waals surface area contributed by atoms with Gasteiger partial charge in [0.15, 0.2) is 0 Å². The maximum Gasteiger partial charge on any atom is 0.534 e. The second-order valence-electron chi connectivity index (χ2n) is 8.30. The number of hydrogen-bond donors (Lipinski definition) is 1. The Morgan fingerprint density at radius 1 is 0.816 bits per heavy atom. The first kappa shape index (κ1) is 25.3. The third-order valence-corrected chi connectivity index (χ3v) is 7.03. The first-order valence-electron chi connectivity index (χ1n) is 10.9. The standard InChI is InChI=1S/C26H16F5N3O3S/c27-22-11-10-16(14-20(22)18-8-4-12-33-23(18)28)25(21-9-2-1-7-19(21)24(32)34-25)15-5-3-6-17(13-15)37-38(35,36)26(29,30)31/h1-14H,(H2,32,34). The van der Waals surface area contributed by atoms with Crippen molar-refractivity contribution in [2.75, 3.05) is 0 Å². The number of nitrogens with zero attached hydrogens (tertiary/aromatic N) is 2. The van der Waals surface area contributed by atoms with E-state index in [1.807, 2.05) is 0 Å². The number of benzene rings is 3. The summed E-state index contributed by atoms with van der Waals surface area (Å²) in [5.74, 6) is -2.22. The molecule has 3 aromatic carbocycles. The summed E-state index contributed by atoms with van der Waals surface area (Å²) in [4.78, 5) is 8.20. The van der Waals surface area contributed by atoms with Gasteiger partial charge in [0.2, 0.25) is 5.95 Å². The molecule has 1 aliphatic heterocycles. The molecule has 6 nitrogen and oxygen atoms in total. The molecule has 0 saturated heterocycles. The molecule has 0 radical (unpaired) electrons. The van der Waals surface area contributed by atoms with E-state index in [1.54, 1.807) is 24.3 Å². The van der Waals surface area contributed by atoms with Crippen molar-refractivity contribution in [1.29, 1.82) is 0 Å². The lowest BCUT2D eigenvalue weighted by Crippen LogP contribution is -2.29. The maximum absolute atomic E-state index is 14.9. The van der Waals surface area contributed by atoms with Gasteiger partial charge in [-0.2, -0.15) is 26.0 Å². The summed E-state index contributed by atoms with van der Waals surface area (Å²) >= 11 is 0. The predicted octanol–water partition coefficient (Wildman–Crippen LogP) is 5.27. The lowest BCUT2D eigenvalue weighted by Gasteiger charge is -2.30. The molecule has 2 heterocycles. The number of pyridine rings is 1. The Bertz CT molecular complexity index is 1710. The lowest BCUT2D eigenvalue weighted by atomic mass is 9.77. The van der Waals surface area contributed by atoms with Gasteiger partial charge in [-0.05, 0) is 53.1 Å². The SMILES string of the molecule is NC1=NC(c2cccc(OS(=O)(=O)C(F)(F)F)c2)(c2ccc(F)c(-c3cccnc3F)c2)c2ccccc21. The van der Waals surface area contributed by atoms with E-state index in [1.165, 1.54) is 42.6 Å². The molecule has 1 unspecified atom stereocenters. The summed E-state index contributed by atoms with van der Waals surface area (Å²) in [7, 11) is -5.96. The summed E-state index contributed by atoms with van der Waals surface area (Å²) in [5.41, 5.74) is 0.177. The molecule has 1 aromatic heterocycles. The summed E-state index contributed by atoms with van der Waals surface area (Å²) in [5, 5.41) is 0. The zero-order valence-electron chi connectivity index (χ0n) is 19.1. The highest BCUT2D eigenvalue weighted by atomic mass is 32.2. The van der Waals surface area contributed by atoms with E-state index in [-0.39, 0.29) is 28.1 Å². The largest absolute Gasteiger partial charge is 0.534 e. The van der Waals surface area contributed by atoms with Crippen LogP contribution >= 0.6 is 0 Å². The third-order valence-electron chi connectivity index (χ3n) is 6.06. The molecule has 0 aliphatic carbocycles. The van der Waals surface area contributed by atoms with Crippen LogP contribution in [0.1, 0.15) is 22.3 Å². The molecule has 2 N–H and O–H groups in total. The number of amidine groups is 1. The molecule has 194 valence electrons. The number of halogens is 5. The molecular weight excluding hydrogens is 529 g/mol. The fourth-order valence-corrected chi connectivity index (χ4v) is 4.87. The molecule has 0 bridgehead atoms. The van der Waals surface area contributed by atoms with Gasteiger partial charge in [0.05, 0.1) is 0 Å². The minimum Gasteiger partial charge on any atom is -0.383 e. The minimum absolute atomic E-state index is 0.0771. The van der Waals surface area contributed by atoms with Crippen molar-refractivity contribution in [2.45, 2.75) is 11.0 Å². The molecule has 5 rings (SSSR count). The summed E-state index contributed by atoms with van der Waals surface area (Å²) < 4.78 is 96.0. The van der Waals surface area contributed by atoms with E-state index in [0.717, 1.165) is 18.2 Å². The third kappa shape index (κ3) is 4.06. The monoisotopic (exact) mass is 545 g/mol. The quantitative estimate of drug-likeness (QED) is 0.160. The molecule has 38 heavy (non-hydrogen) atoms. The van der Waals surface area contributed by atoms with Crippen LogP contribution in [0, 0.1) is 11.8 Å². The summed E-state index contributed by atoms with van der Waals surface area (Å²) in [6, 6.07) is 18.2. The van der Waals surface area contributed by atoms with Crippen LogP contribution in [0.3, 0.4) is 0 Å². The Morgan fingerprint density at radius 2 is 1.53 bits per heavy atom. The van der Waals surface area contributed by atoms with Gasteiger partial charge >= 0.3 is 15.6 Å². The average molecular weight is 545 g/mol. The van der Waals surface area contributed by atoms with E-state index in [4.69, 9.17) is 5.73 Å². The van der Waals surface area contributed by atoms with Gasteiger partial charge in [-0.15, -0.1) is 0 Å². The fraction of sp³-hybridized carbons (Fsp3) is 0.0769. The Kier molecular flexibility index (Phi) is 5.94. The van der Waals surface area contributed by atoms with Crippen molar-refractivity contribution in [3.63, 3.8) is 0 Å². The molecule has 0 amide bonds. The molecule has 1 atom stereocenters. The number of rotatable bonds is 5. The van der Waals surface area contributed by atoms with Crippen molar-refractivity contribution in [3.8, 4) is 16.9 Å². The lowest BCUT2D eigenvalue weighted by molar-refractivity contribution is -0.0500. The molecule has 4 aromatic rings. The van der Waals surface area contributed by atoms with Crippen LogP contribution in [-0.4, -0.2) is 24.7 Å². The van der Waals surface area contributed by atoms with Crippen molar-refractivity contribution >= 4 is 16.0 Å². The number of hydrogen-bond acceptors (Lipinski definition) is 6. The Morgan fingerprint density at radius 3 is 2.26 bits per heavy atom. The second-order valence-corrected chi connectivity index (χ2v) is 9.84. The van der Waals surface area contributed by atoms with Gasteiger partial charge in [0, 0.05) is 22.9 Å². The van der Waals surface area contributed by atoms with Crippen LogP contribution in [0.2, 0.25) is 0 Å². The minimum atomic E-state index is -5.96. The van der Waals surface area contributed by atoms with Gasteiger partial charge in [-0.1, -0.05) is 42.5 Å². The van der Waals surface area contributed by atoms with Gasteiger partial charge in [0.1, 0.15) is 22.9 Å². The topological polar surface area (TPSA) is 94.6 Å². The number of alkyl halides is 3. The average Bonchev–Trinajstić information content (AvgIpc) is 3.17. The van der Waals surface area contributed by atoms with Gasteiger partial charge in [0.25, 0.3) is 0 Å². The smallest absolute Gasteiger partial charge is 0.383 e. The fourth-order valence-electron chi connectivity index (χ4n) is 4.42. The van der Waals surface area contributed by atoms with Gasteiger partial charge in [-0.3, -0.25) is 0 Å². The molecule has 0 saturated carbocycles. The normalized spacial score (nSPS) is 17.1. The first-order chi connectivity index (χ1) is 17.9. The highest BCUT2D eigenvalue weighted by molar-refractivity contribution is 7.88. The maximum atomic E-state index is 14.9. The first-order valence-corrected chi connectivity index (χ1v) is 12.3. The Balaban J connectivity index is 1.76. The van der Waals surface area contributed by atoms with Gasteiger partial charge < -0.3 is 9.92 Å². The van der Waals surface area contributed by atoms with Crippen LogP contribution in [0.15, 0.2) is 90.1 Å². The van der Waals surface area contributed by atoms with E-state index < -0.39 is 38.7 Å². The van der Waals surface area contributed by atoms with E-state index >= 15 is 0 Å². The second kappa shape index (κ2) is 8.91. The predicted molar refractivity (Wildman–Crippen MR) is 129 cm³/mol. The molecule has 0 fully saturated rings. The zero-order chi connectivity index (χ0) is 27.3. The Labute approximate surface area is 213 Å². The number of nitrogens with two attached hydrogens (primary N) is 1. The highest BCUT2D eigenvalue weighted by Gasteiger charge is 2.49. The molecule has 0 spiro atoms. The Hall–Kier alpha value is -4.32. The number of aromatic nitrogens is 1. The van der Waals surface area contributed by atoms with Gasteiger partial charge in [-0.25, -0.2) is 14.4 Å². The van der Waals surface area contributed by atoms with E-state index in [0.29, 0.717) is 11.1 Å². The van der Waals surface area contributed by atoms with Crippen LogP contribution in [0.4, 0.5) is 22.0 Å². The zero-order valence-corrected chi connectivity index (χ0v) is 19.9. The van der Waals surface area contributed by atoms with Crippen molar-refractivity contribution in [3.05, 3.63) is 119 Å². The molecule has 12 heteroatoms. The van der Waals surface area contributed by atoms with E-state index in [9.17, 15) is 30.4 Å². The number of aliphatic imine (C=N–C) groups is 1. The van der Waals surface area contributed by atoms with Crippen LogP contribution in [-0.2, 0) is 15.7 Å². The molecule has 1 aliphatic rings. The summed E-state index contributed by atoms with van der Waals surface area (Å²) in [6.07, 6.45) is 1.21. The number of fused-ring (bicyclic) bond motifs is 1. The van der Waals surface area contributed by atoms with Crippen molar-refractivity contribution < 1.29 is 34.6 Å². The van der Waals surface area contributed by atoms with Crippen LogP contribution in [0.25, 0.3) is 11.1 Å². The van der Waals surface area contributed by atoms with Crippen LogP contribution < -0.4 is 9.92 Å². The van der Waals surface area contributed by atoms with Crippen molar-refractivity contribution in [1.82, 2.24) is 4.98 Å².